The summed E-state index contributed by atoms with van der Waals surface area (Å²) < 4.78 is 5.04. The van der Waals surface area contributed by atoms with Gasteiger partial charge in [-0.1, -0.05) is 18.2 Å². The van der Waals surface area contributed by atoms with E-state index in [9.17, 15) is 4.79 Å². The molecule has 0 atom stereocenters. The van der Waals surface area contributed by atoms with E-state index in [1.54, 1.807) is 18.2 Å². The smallest absolute Gasteiger partial charge is 0.169 e. The Kier molecular flexibility index (Phi) is 3.50. The molecule has 0 amide bonds. The van der Waals surface area contributed by atoms with Gasteiger partial charge in [-0.2, -0.15) is 0 Å². The van der Waals surface area contributed by atoms with E-state index in [0.717, 1.165) is 5.57 Å². The van der Waals surface area contributed by atoms with Crippen LogP contribution in [0.25, 0.3) is 0 Å². The molecule has 1 aromatic rings. The fraction of sp³-hybridized carbons (Fsp3) is 0.250. The first-order valence-corrected chi connectivity index (χ1v) is 4.66. The third kappa shape index (κ3) is 2.59. The average molecular weight is 205 g/mol. The van der Waals surface area contributed by atoms with Crippen LogP contribution in [0.1, 0.15) is 23.7 Å². The summed E-state index contributed by atoms with van der Waals surface area (Å²) >= 11 is 0. The lowest BCUT2D eigenvalue weighted by molar-refractivity contribution is 0.0993. The molecule has 0 unspecified atom stereocenters. The first kappa shape index (κ1) is 11.3. The Morgan fingerprint density at radius 2 is 2.20 bits per heavy atom. The highest BCUT2D eigenvalue weighted by atomic mass is 16.5. The minimum Gasteiger partial charge on any atom is -0.495 e. The average Bonchev–Trinajstić information content (AvgIpc) is 2.17. The maximum atomic E-state index is 11.7. The second-order valence-electron chi connectivity index (χ2n) is 3.48. The summed E-state index contributed by atoms with van der Waals surface area (Å²) in [5, 5.41) is 0. The molecule has 0 radical (unpaired) electrons. The fourth-order valence-electron chi connectivity index (χ4n) is 1.33. The van der Waals surface area contributed by atoms with Crippen molar-refractivity contribution >= 4 is 11.5 Å². The van der Waals surface area contributed by atoms with Crippen LogP contribution < -0.4 is 10.5 Å². The third-order valence-corrected chi connectivity index (χ3v) is 2.05. The second-order valence-corrected chi connectivity index (χ2v) is 3.48. The van der Waals surface area contributed by atoms with E-state index in [1.807, 2.05) is 6.92 Å². The normalized spacial score (nSPS) is 9.73. The van der Waals surface area contributed by atoms with Crippen molar-refractivity contribution in [2.24, 2.45) is 0 Å². The number of nitrogens with two attached hydrogens (primary N) is 1. The predicted molar refractivity (Wildman–Crippen MR) is 61.2 cm³/mol. The monoisotopic (exact) mass is 205 g/mol. The Hall–Kier alpha value is -1.77. The molecular formula is C12H15NO2. The van der Waals surface area contributed by atoms with Crippen molar-refractivity contribution in [1.29, 1.82) is 0 Å². The van der Waals surface area contributed by atoms with Gasteiger partial charge in [-0.25, -0.2) is 0 Å². The molecule has 0 saturated carbocycles. The zero-order chi connectivity index (χ0) is 11.4. The molecule has 0 saturated heterocycles. The van der Waals surface area contributed by atoms with Gasteiger partial charge in [0.15, 0.2) is 5.78 Å². The number of carbonyl (C=O) groups excluding carboxylic acids is 1. The van der Waals surface area contributed by atoms with Crippen molar-refractivity contribution in [2.45, 2.75) is 13.3 Å². The lowest BCUT2D eigenvalue weighted by Gasteiger charge is -2.08. The molecule has 0 aromatic heterocycles. The number of rotatable bonds is 4. The minimum absolute atomic E-state index is 0.0288. The fourth-order valence-corrected chi connectivity index (χ4v) is 1.33. The van der Waals surface area contributed by atoms with E-state index in [-0.39, 0.29) is 5.78 Å². The number of ether oxygens (including phenoxy) is 1. The quantitative estimate of drug-likeness (QED) is 0.466. The lowest BCUT2D eigenvalue weighted by Crippen LogP contribution is -2.05. The maximum Gasteiger partial charge on any atom is 0.169 e. The van der Waals surface area contributed by atoms with E-state index < -0.39 is 0 Å². The van der Waals surface area contributed by atoms with Crippen molar-refractivity contribution in [3.63, 3.8) is 0 Å². The molecule has 2 N–H and O–H groups in total. The topological polar surface area (TPSA) is 52.3 Å². The molecule has 0 bridgehead atoms. The largest absolute Gasteiger partial charge is 0.495 e. The molecule has 0 aliphatic carbocycles. The Balaban J connectivity index is 3.04. The molecule has 1 rings (SSSR count). The third-order valence-electron chi connectivity index (χ3n) is 2.05. The SMILES string of the molecule is C=C(C)CC(=O)c1cccc(OC)c1N. The number of hydrogen-bond donors (Lipinski definition) is 1. The highest BCUT2D eigenvalue weighted by molar-refractivity contribution is 6.02. The first-order chi connectivity index (χ1) is 7.06. The first-order valence-electron chi connectivity index (χ1n) is 4.66. The molecule has 0 spiro atoms. The van der Waals surface area contributed by atoms with Gasteiger partial charge >= 0.3 is 0 Å². The van der Waals surface area contributed by atoms with Gasteiger partial charge in [0.2, 0.25) is 0 Å². The molecule has 0 fully saturated rings. The zero-order valence-corrected chi connectivity index (χ0v) is 9.04. The number of carbonyl (C=O) groups is 1. The zero-order valence-electron chi connectivity index (χ0n) is 9.04. The molecule has 0 heterocycles. The minimum atomic E-state index is -0.0288. The van der Waals surface area contributed by atoms with Gasteiger partial charge in [0, 0.05) is 12.0 Å². The van der Waals surface area contributed by atoms with Crippen molar-refractivity contribution in [2.75, 3.05) is 12.8 Å². The van der Waals surface area contributed by atoms with E-state index >= 15 is 0 Å². The lowest BCUT2D eigenvalue weighted by atomic mass is 10.0. The second kappa shape index (κ2) is 4.64. The Bertz CT molecular complexity index is 397. The van der Waals surface area contributed by atoms with Gasteiger partial charge in [-0.15, -0.1) is 0 Å². The van der Waals surface area contributed by atoms with Crippen LogP contribution in [0.2, 0.25) is 0 Å². The van der Waals surface area contributed by atoms with E-state index in [1.165, 1.54) is 7.11 Å². The molecule has 3 nitrogen and oxygen atoms in total. The maximum absolute atomic E-state index is 11.7. The Morgan fingerprint density at radius 3 is 2.73 bits per heavy atom. The van der Waals surface area contributed by atoms with Gasteiger partial charge in [0.05, 0.1) is 12.8 Å². The van der Waals surface area contributed by atoms with Crippen LogP contribution in [-0.2, 0) is 0 Å². The number of anilines is 1. The summed E-state index contributed by atoms with van der Waals surface area (Å²) in [4.78, 5) is 11.7. The Labute approximate surface area is 89.5 Å². The van der Waals surface area contributed by atoms with Gasteiger partial charge in [-0.3, -0.25) is 4.79 Å². The van der Waals surface area contributed by atoms with Gasteiger partial charge < -0.3 is 10.5 Å². The number of ketones is 1. The highest BCUT2D eigenvalue weighted by Gasteiger charge is 2.12. The number of Topliss-reactive ketones (excluding diaryl/α,β-unsaturated/α-hetero) is 1. The van der Waals surface area contributed by atoms with Crippen LogP contribution in [0.4, 0.5) is 5.69 Å². The molecule has 15 heavy (non-hydrogen) atoms. The summed E-state index contributed by atoms with van der Waals surface area (Å²) in [6, 6.07) is 5.18. The van der Waals surface area contributed by atoms with Crippen molar-refractivity contribution in [3.05, 3.63) is 35.9 Å². The molecular weight excluding hydrogens is 190 g/mol. The van der Waals surface area contributed by atoms with E-state index in [0.29, 0.717) is 23.4 Å². The molecule has 3 heteroatoms. The van der Waals surface area contributed by atoms with Crippen LogP contribution in [0.5, 0.6) is 5.75 Å². The summed E-state index contributed by atoms with van der Waals surface area (Å²) in [6.45, 7) is 5.51. The number of nitrogen functional groups attached to an aromatic ring is 1. The number of hydrogen-bond acceptors (Lipinski definition) is 3. The molecule has 80 valence electrons. The van der Waals surface area contributed by atoms with E-state index in [4.69, 9.17) is 10.5 Å². The highest BCUT2D eigenvalue weighted by Crippen LogP contribution is 2.26. The van der Waals surface area contributed by atoms with Gasteiger partial charge in [0.1, 0.15) is 5.75 Å². The van der Waals surface area contributed by atoms with Crippen LogP contribution in [0, 0.1) is 0 Å². The van der Waals surface area contributed by atoms with Gasteiger partial charge in [0.25, 0.3) is 0 Å². The Morgan fingerprint density at radius 1 is 1.53 bits per heavy atom. The van der Waals surface area contributed by atoms with Crippen LogP contribution >= 0.6 is 0 Å². The molecule has 0 aliphatic heterocycles. The van der Waals surface area contributed by atoms with Crippen LogP contribution in [0.15, 0.2) is 30.4 Å². The molecule has 1 aromatic carbocycles. The van der Waals surface area contributed by atoms with Gasteiger partial charge in [-0.05, 0) is 19.1 Å². The van der Waals surface area contributed by atoms with Crippen LogP contribution in [0.3, 0.4) is 0 Å². The van der Waals surface area contributed by atoms with Crippen molar-refractivity contribution in [1.82, 2.24) is 0 Å². The van der Waals surface area contributed by atoms with Crippen LogP contribution in [-0.4, -0.2) is 12.9 Å². The van der Waals surface area contributed by atoms with Crippen molar-refractivity contribution in [3.8, 4) is 5.75 Å². The number of benzene rings is 1. The number of methoxy groups -OCH3 is 1. The summed E-state index contributed by atoms with van der Waals surface area (Å²) in [7, 11) is 1.53. The standard InChI is InChI=1S/C12H15NO2/c1-8(2)7-10(14)9-5-4-6-11(15-3)12(9)13/h4-6H,1,7,13H2,2-3H3. The predicted octanol–water partition coefficient (Wildman–Crippen LogP) is 2.43. The molecule has 0 aliphatic rings. The summed E-state index contributed by atoms with van der Waals surface area (Å²) in [6.07, 6.45) is 0.317. The number of para-hydroxylation sites is 1. The summed E-state index contributed by atoms with van der Waals surface area (Å²) in [5.74, 6) is 0.501. The summed E-state index contributed by atoms with van der Waals surface area (Å²) in [5.41, 5.74) is 7.51. The van der Waals surface area contributed by atoms with E-state index in [2.05, 4.69) is 6.58 Å². The van der Waals surface area contributed by atoms with Crippen molar-refractivity contribution < 1.29 is 9.53 Å². The number of allylic oxidation sites excluding steroid dienone is 1.